The Morgan fingerprint density at radius 2 is 1.52 bits per heavy atom. The molecule has 0 aliphatic rings. The van der Waals surface area contributed by atoms with Gasteiger partial charge in [-0.2, -0.15) is 0 Å². The second-order valence-electron chi connectivity index (χ2n) is 7.56. The van der Waals surface area contributed by atoms with Crippen LogP contribution in [0, 0.1) is 5.92 Å². The number of carboxylic acid groups (broad SMARTS) is 1. The fourth-order valence-electron chi connectivity index (χ4n) is 2.53. The first-order valence-corrected chi connectivity index (χ1v) is 9.94. The van der Waals surface area contributed by atoms with E-state index in [0.29, 0.717) is 12.8 Å². The van der Waals surface area contributed by atoms with E-state index in [9.17, 15) is 19.2 Å². The monoisotopic (exact) mass is 445 g/mol. The number of amides is 3. The third-order valence-electron chi connectivity index (χ3n) is 4.19. The second-order valence-corrected chi connectivity index (χ2v) is 7.56. The summed E-state index contributed by atoms with van der Waals surface area (Å²) in [6, 6.07) is -4.45. The fraction of sp³-hybridized carbons (Fsp3) is 0.722. The van der Waals surface area contributed by atoms with Crippen molar-refractivity contribution >= 4 is 29.7 Å². The Kier molecular flexibility index (Phi) is 12.8. The van der Waals surface area contributed by atoms with E-state index in [4.69, 9.17) is 27.4 Å². The minimum Gasteiger partial charge on any atom is -0.480 e. The molecule has 11 N–H and O–H groups in total. The van der Waals surface area contributed by atoms with Gasteiger partial charge in [-0.3, -0.25) is 19.4 Å². The van der Waals surface area contributed by atoms with Crippen LogP contribution in [0.15, 0.2) is 4.99 Å². The molecule has 0 aromatic heterocycles. The summed E-state index contributed by atoms with van der Waals surface area (Å²) in [6.07, 6.45) is 0.820. The van der Waals surface area contributed by atoms with E-state index >= 15 is 0 Å². The number of aliphatic hydroxyl groups is 1. The summed E-state index contributed by atoms with van der Waals surface area (Å²) >= 11 is 0. The predicted octanol–water partition coefficient (Wildman–Crippen LogP) is -3.04. The van der Waals surface area contributed by atoms with Gasteiger partial charge < -0.3 is 43.4 Å². The summed E-state index contributed by atoms with van der Waals surface area (Å²) in [5.74, 6) is -3.35. The van der Waals surface area contributed by atoms with E-state index in [1.807, 2.05) is 13.8 Å². The average Bonchev–Trinajstić information content (AvgIpc) is 2.66. The van der Waals surface area contributed by atoms with Crippen molar-refractivity contribution in [1.82, 2.24) is 16.0 Å². The molecule has 0 radical (unpaired) electrons. The lowest BCUT2D eigenvalue weighted by atomic mass is 10.0. The molecule has 0 bridgehead atoms. The lowest BCUT2D eigenvalue weighted by molar-refractivity contribution is -0.143. The number of rotatable bonds is 14. The van der Waals surface area contributed by atoms with Crippen LogP contribution in [0.5, 0.6) is 0 Å². The summed E-state index contributed by atoms with van der Waals surface area (Å²) < 4.78 is 0. The molecule has 0 aromatic carbocycles. The quantitative estimate of drug-likeness (QED) is 0.0769. The number of hydrogen-bond donors (Lipinski definition) is 8. The van der Waals surface area contributed by atoms with Crippen LogP contribution in [-0.2, 0) is 19.2 Å². The molecule has 13 nitrogen and oxygen atoms in total. The van der Waals surface area contributed by atoms with Crippen molar-refractivity contribution in [3.8, 4) is 0 Å². The van der Waals surface area contributed by atoms with Gasteiger partial charge in [-0.15, -0.1) is 0 Å². The highest BCUT2D eigenvalue weighted by Gasteiger charge is 2.28. The number of carbonyl (C=O) groups is 4. The molecule has 0 spiro atoms. The zero-order valence-electron chi connectivity index (χ0n) is 18.1. The van der Waals surface area contributed by atoms with Gasteiger partial charge in [0.05, 0.1) is 12.6 Å². The lowest BCUT2D eigenvalue weighted by Gasteiger charge is -2.23. The summed E-state index contributed by atoms with van der Waals surface area (Å²) in [7, 11) is 0. The maximum Gasteiger partial charge on any atom is 0.328 e. The summed E-state index contributed by atoms with van der Waals surface area (Å²) in [5.41, 5.74) is 16.3. The average molecular weight is 446 g/mol. The van der Waals surface area contributed by atoms with E-state index in [1.165, 1.54) is 6.92 Å². The van der Waals surface area contributed by atoms with Crippen LogP contribution in [0.3, 0.4) is 0 Å². The number of aliphatic imine (C=N–C) groups is 1. The molecule has 0 rings (SSSR count). The number of guanidine groups is 1. The largest absolute Gasteiger partial charge is 0.480 e. The Balaban J connectivity index is 5.10. The van der Waals surface area contributed by atoms with Crippen molar-refractivity contribution in [1.29, 1.82) is 0 Å². The van der Waals surface area contributed by atoms with E-state index < -0.39 is 54.5 Å². The van der Waals surface area contributed by atoms with E-state index in [-0.39, 0.29) is 24.8 Å². The molecule has 0 heterocycles. The van der Waals surface area contributed by atoms with Gasteiger partial charge in [-0.1, -0.05) is 13.8 Å². The molecule has 0 saturated heterocycles. The summed E-state index contributed by atoms with van der Waals surface area (Å²) in [5, 5.41) is 25.2. The van der Waals surface area contributed by atoms with Gasteiger partial charge in [-0.05, 0) is 32.1 Å². The predicted molar refractivity (Wildman–Crippen MR) is 114 cm³/mol. The highest BCUT2D eigenvalue weighted by atomic mass is 16.4. The van der Waals surface area contributed by atoms with Crippen LogP contribution >= 0.6 is 0 Å². The van der Waals surface area contributed by atoms with Crippen molar-refractivity contribution in [3.63, 3.8) is 0 Å². The van der Waals surface area contributed by atoms with Gasteiger partial charge in [0.2, 0.25) is 17.7 Å². The smallest absolute Gasteiger partial charge is 0.328 e. The van der Waals surface area contributed by atoms with Gasteiger partial charge in [0.25, 0.3) is 0 Å². The molecule has 4 atom stereocenters. The van der Waals surface area contributed by atoms with Crippen molar-refractivity contribution < 1.29 is 29.4 Å². The van der Waals surface area contributed by atoms with Crippen molar-refractivity contribution in [3.05, 3.63) is 0 Å². The number of aliphatic hydroxyl groups excluding tert-OH is 1. The molecule has 3 amide bonds. The Morgan fingerprint density at radius 3 is 2.00 bits per heavy atom. The maximum atomic E-state index is 12.5. The van der Waals surface area contributed by atoms with E-state index in [0.717, 1.165) is 0 Å². The Labute approximate surface area is 181 Å². The third kappa shape index (κ3) is 11.7. The van der Waals surface area contributed by atoms with Crippen LogP contribution in [-0.4, -0.2) is 77.2 Å². The van der Waals surface area contributed by atoms with E-state index in [2.05, 4.69) is 20.9 Å². The number of aliphatic carboxylic acids is 1. The number of nitrogens with one attached hydrogen (secondary N) is 3. The molecule has 4 unspecified atom stereocenters. The highest BCUT2D eigenvalue weighted by molar-refractivity contribution is 5.93. The van der Waals surface area contributed by atoms with Gasteiger partial charge >= 0.3 is 5.97 Å². The molecular weight excluding hydrogens is 410 g/mol. The molecular formula is C18H35N7O6. The molecule has 0 fully saturated rings. The topological polar surface area (TPSA) is 235 Å². The van der Waals surface area contributed by atoms with Crippen LogP contribution < -0.4 is 33.2 Å². The van der Waals surface area contributed by atoms with Crippen LogP contribution in [0.2, 0.25) is 0 Å². The number of carboxylic acids is 1. The zero-order chi connectivity index (χ0) is 24.1. The standard InChI is InChI=1S/C18H35N7O6/c1-9(2)7-11(19)15(28)23-10(3)14(27)24-12(5-4-6-22-18(20)21)16(29)25-13(8-26)17(30)31/h9-13,26H,4-8,19H2,1-3H3,(H,23,28)(H,24,27)(H,25,29)(H,30,31)(H4,20,21,22). The molecule has 0 aromatic rings. The molecule has 0 aliphatic heterocycles. The third-order valence-corrected chi connectivity index (χ3v) is 4.19. The zero-order valence-corrected chi connectivity index (χ0v) is 18.1. The number of carbonyl (C=O) groups excluding carboxylic acids is 3. The summed E-state index contributed by atoms with van der Waals surface area (Å²) in [6.45, 7) is 4.60. The Morgan fingerprint density at radius 1 is 0.935 bits per heavy atom. The molecule has 13 heteroatoms. The van der Waals surface area contributed by atoms with Crippen LogP contribution in [0.1, 0.15) is 40.0 Å². The molecule has 0 aliphatic carbocycles. The Bertz CT molecular complexity index is 651. The van der Waals surface area contributed by atoms with Gasteiger partial charge in [0, 0.05) is 6.54 Å². The molecule has 31 heavy (non-hydrogen) atoms. The SMILES string of the molecule is CC(C)CC(N)C(=O)NC(C)C(=O)NC(CCCN=C(N)N)C(=O)NC(CO)C(=O)O. The van der Waals surface area contributed by atoms with Crippen molar-refractivity contribution in [2.75, 3.05) is 13.2 Å². The van der Waals surface area contributed by atoms with Gasteiger partial charge in [0.1, 0.15) is 18.1 Å². The summed E-state index contributed by atoms with van der Waals surface area (Å²) in [4.78, 5) is 51.9. The fourth-order valence-corrected chi connectivity index (χ4v) is 2.53. The Hall–Kier alpha value is -2.93. The normalized spacial score (nSPS) is 14.6. The van der Waals surface area contributed by atoms with Crippen molar-refractivity contribution in [2.24, 2.45) is 28.1 Å². The number of nitrogens with two attached hydrogens (primary N) is 3. The second kappa shape index (κ2) is 14.1. The maximum absolute atomic E-state index is 12.5. The molecule has 178 valence electrons. The van der Waals surface area contributed by atoms with E-state index in [1.54, 1.807) is 0 Å². The minimum atomic E-state index is -1.53. The van der Waals surface area contributed by atoms with Gasteiger partial charge in [-0.25, -0.2) is 4.79 Å². The lowest BCUT2D eigenvalue weighted by Crippen LogP contribution is -2.56. The number of nitrogens with zero attached hydrogens (tertiary/aromatic N) is 1. The highest BCUT2D eigenvalue weighted by Crippen LogP contribution is 2.04. The van der Waals surface area contributed by atoms with Gasteiger partial charge in [0.15, 0.2) is 5.96 Å². The first-order chi connectivity index (χ1) is 14.4. The first-order valence-electron chi connectivity index (χ1n) is 9.94. The van der Waals surface area contributed by atoms with Crippen molar-refractivity contribution in [2.45, 2.75) is 64.2 Å². The minimum absolute atomic E-state index is 0.0830. The molecule has 0 saturated carbocycles. The first kappa shape index (κ1) is 28.1. The van der Waals surface area contributed by atoms with Crippen LogP contribution in [0.25, 0.3) is 0 Å². The number of hydrogen-bond acceptors (Lipinski definition) is 7. The van der Waals surface area contributed by atoms with Crippen LogP contribution in [0.4, 0.5) is 0 Å².